The SMILES string of the molecule is CCCCC(CC)CC(=O)c1ccnnc1. The Hall–Kier alpha value is -1.25. The molecule has 1 unspecified atom stereocenters. The third-order valence-electron chi connectivity index (χ3n) is 2.92. The molecule has 3 nitrogen and oxygen atoms in total. The normalized spacial score (nSPS) is 12.4. The molecule has 0 saturated carbocycles. The maximum atomic E-state index is 11.9. The zero-order valence-electron chi connectivity index (χ0n) is 10.1. The van der Waals surface area contributed by atoms with Gasteiger partial charge in [0, 0.05) is 12.0 Å². The first kappa shape index (κ1) is 12.8. The molecule has 1 rings (SSSR count). The molecule has 16 heavy (non-hydrogen) atoms. The maximum absolute atomic E-state index is 11.9. The lowest BCUT2D eigenvalue weighted by molar-refractivity contribution is 0.0956. The molecule has 0 aromatic carbocycles. The van der Waals surface area contributed by atoms with Gasteiger partial charge in [0.2, 0.25) is 0 Å². The predicted octanol–water partition coefficient (Wildman–Crippen LogP) is 3.27. The van der Waals surface area contributed by atoms with E-state index < -0.39 is 0 Å². The molecule has 0 N–H and O–H groups in total. The molecule has 0 radical (unpaired) electrons. The summed E-state index contributed by atoms with van der Waals surface area (Å²) in [5.74, 6) is 0.707. The minimum Gasteiger partial charge on any atom is -0.294 e. The molecule has 0 aliphatic heterocycles. The number of hydrogen-bond donors (Lipinski definition) is 0. The highest BCUT2D eigenvalue weighted by Gasteiger charge is 2.13. The van der Waals surface area contributed by atoms with E-state index in [1.165, 1.54) is 12.8 Å². The monoisotopic (exact) mass is 220 g/mol. The summed E-state index contributed by atoms with van der Waals surface area (Å²) in [4.78, 5) is 11.9. The van der Waals surface area contributed by atoms with Crippen LogP contribution in [0.25, 0.3) is 0 Å². The van der Waals surface area contributed by atoms with Crippen molar-refractivity contribution in [1.82, 2.24) is 10.2 Å². The predicted molar refractivity (Wildman–Crippen MR) is 64.3 cm³/mol. The molecule has 0 spiro atoms. The van der Waals surface area contributed by atoms with Crippen LogP contribution in [0.15, 0.2) is 18.5 Å². The summed E-state index contributed by atoms with van der Waals surface area (Å²) in [7, 11) is 0. The summed E-state index contributed by atoms with van der Waals surface area (Å²) in [6, 6.07) is 1.74. The molecular formula is C13H20N2O. The number of nitrogens with zero attached hydrogens (tertiary/aromatic N) is 2. The average Bonchev–Trinajstić information content (AvgIpc) is 2.35. The van der Waals surface area contributed by atoms with Crippen molar-refractivity contribution in [2.75, 3.05) is 0 Å². The molecule has 0 fully saturated rings. The van der Waals surface area contributed by atoms with Crippen LogP contribution in [0.4, 0.5) is 0 Å². The first-order valence-corrected chi connectivity index (χ1v) is 6.07. The van der Waals surface area contributed by atoms with E-state index in [9.17, 15) is 4.79 Å². The zero-order valence-corrected chi connectivity index (χ0v) is 10.1. The highest BCUT2D eigenvalue weighted by atomic mass is 16.1. The summed E-state index contributed by atoms with van der Waals surface area (Å²) in [6.07, 6.45) is 8.39. The molecule has 88 valence electrons. The highest BCUT2D eigenvalue weighted by Crippen LogP contribution is 2.18. The molecule has 3 heteroatoms. The van der Waals surface area contributed by atoms with E-state index in [0.29, 0.717) is 17.9 Å². The van der Waals surface area contributed by atoms with Crippen molar-refractivity contribution in [3.63, 3.8) is 0 Å². The number of rotatable bonds is 7. The van der Waals surface area contributed by atoms with Crippen LogP contribution in [-0.4, -0.2) is 16.0 Å². The van der Waals surface area contributed by atoms with Gasteiger partial charge in [-0.15, -0.1) is 0 Å². The van der Waals surface area contributed by atoms with Crippen molar-refractivity contribution >= 4 is 5.78 Å². The fraction of sp³-hybridized carbons (Fsp3) is 0.615. The van der Waals surface area contributed by atoms with Gasteiger partial charge in [-0.25, -0.2) is 0 Å². The molecule has 0 amide bonds. The minimum atomic E-state index is 0.192. The fourth-order valence-corrected chi connectivity index (χ4v) is 1.78. The minimum absolute atomic E-state index is 0.192. The molecular weight excluding hydrogens is 200 g/mol. The van der Waals surface area contributed by atoms with Gasteiger partial charge in [0.1, 0.15) is 0 Å². The largest absolute Gasteiger partial charge is 0.294 e. The zero-order chi connectivity index (χ0) is 11.8. The Kier molecular flexibility index (Phi) is 5.68. The summed E-state index contributed by atoms with van der Waals surface area (Å²) >= 11 is 0. The van der Waals surface area contributed by atoms with Crippen molar-refractivity contribution in [2.24, 2.45) is 5.92 Å². The second-order valence-electron chi connectivity index (χ2n) is 4.17. The van der Waals surface area contributed by atoms with E-state index >= 15 is 0 Å². The van der Waals surface area contributed by atoms with Crippen molar-refractivity contribution < 1.29 is 4.79 Å². The third-order valence-corrected chi connectivity index (χ3v) is 2.92. The topological polar surface area (TPSA) is 42.9 Å². The highest BCUT2D eigenvalue weighted by molar-refractivity contribution is 5.95. The van der Waals surface area contributed by atoms with Crippen LogP contribution in [-0.2, 0) is 0 Å². The van der Waals surface area contributed by atoms with E-state index in [2.05, 4.69) is 24.0 Å². The number of carbonyl (C=O) groups excluding carboxylic acids is 1. The van der Waals surface area contributed by atoms with E-state index in [1.54, 1.807) is 18.5 Å². The first-order chi connectivity index (χ1) is 7.77. The van der Waals surface area contributed by atoms with Crippen LogP contribution in [0.5, 0.6) is 0 Å². The first-order valence-electron chi connectivity index (χ1n) is 6.07. The van der Waals surface area contributed by atoms with Crippen LogP contribution in [0.2, 0.25) is 0 Å². The fourth-order valence-electron chi connectivity index (χ4n) is 1.78. The lowest BCUT2D eigenvalue weighted by Gasteiger charge is -2.12. The molecule has 0 aliphatic carbocycles. The van der Waals surface area contributed by atoms with Gasteiger partial charge in [-0.2, -0.15) is 10.2 Å². The summed E-state index contributed by atoms with van der Waals surface area (Å²) in [5.41, 5.74) is 0.685. The van der Waals surface area contributed by atoms with E-state index in [0.717, 1.165) is 12.8 Å². The van der Waals surface area contributed by atoms with E-state index in [-0.39, 0.29) is 5.78 Å². The van der Waals surface area contributed by atoms with Gasteiger partial charge >= 0.3 is 0 Å². The van der Waals surface area contributed by atoms with Crippen LogP contribution in [0.3, 0.4) is 0 Å². The Bertz CT molecular complexity index is 311. The van der Waals surface area contributed by atoms with Gasteiger partial charge in [0.05, 0.1) is 12.4 Å². The molecule has 0 bridgehead atoms. The van der Waals surface area contributed by atoms with Crippen molar-refractivity contribution in [1.29, 1.82) is 0 Å². The third kappa shape index (κ3) is 4.09. The van der Waals surface area contributed by atoms with Gasteiger partial charge in [-0.1, -0.05) is 39.5 Å². The number of hydrogen-bond acceptors (Lipinski definition) is 3. The Morgan fingerprint density at radius 2 is 2.19 bits per heavy atom. The maximum Gasteiger partial charge on any atom is 0.164 e. The van der Waals surface area contributed by atoms with E-state index in [1.807, 2.05) is 0 Å². The summed E-state index contributed by atoms with van der Waals surface area (Å²) < 4.78 is 0. The van der Waals surface area contributed by atoms with Gasteiger partial charge in [0.25, 0.3) is 0 Å². The molecule has 0 saturated heterocycles. The smallest absolute Gasteiger partial charge is 0.164 e. The number of Topliss-reactive ketones (excluding diaryl/α,β-unsaturated/α-hetero) is 1. The molecule has 1 heterocycles. The lowest BCUT2D eigenvalue weighted by atomic mass is 9.92. The molecule has 1 aromatic rings. The van der Waals surface area contributed by atoms with Gasteiger partial charge in [0.15, 0.2) is 5.78 Å². The van der Waals surface area contributed by atoms with Crippen molar-refractivity contribution in [3.05, 3.63) is 24.0 Å². The number of aromatic nitrogens is 2. The number of unbranched alkanes of at least 4 members (excludes halogenated alkanes) is 1. The lowest BCUT2D eigenvalue weighted by Crippen LogP contribution is -2.08. The number of carbonyl (C=O) groups is 1. The summed E-state index contributed by atoms with van der Waals surface area (Å²) in [5, 5.41) is 7.40. The molecule has 1 aromatic heterocycles. The van der Waals surface area contributed by atoms with Gasteiger partial charge in [-0.05, 0) is 12.0 Å². The second-order valence-corrected chi connectivity index (χ2v) is 4.17. The average molecular weight is 220 g/mol. The summed E-state index contributed by atoms with van der Waals surface area (Å²) in [6.45, 7) is 4.33. The second kappa shape index (κ2) is 7.09. The van der Waals surface area contributed by atoms with Crippen molar-refractivity contribution in [3.8, 4) is 0 Å². The van der Waals surface area contributed by atoms with Crippen molar-refractivity contribution in [2.45, 2.75) is 46.0 Å². The quantitative estimate of drug-likeness (QED) is 0.662. The Morgan fingerprint density at radius 3 is 2.75 bits per heavy atom. The Labute approximate surface area is 97.3 Å². The standard InChI is InChI=1S/C13H20N2O/c1-3-5-6-11(4-2)9-13(16)12-7-8-14-15-10-12/h7-8,10-11H,3-6,9H2,1-2H3. The van der Waals surface area contributed by atoms with Crippen LogP contribution in [0.1, 0.15) is 56.3 Å². The van der Waals surface area contributed by atoms with Crippen LogP contribution in [0, 0.1) is 5.92 Å². The Morgan fingerprint density at radius 1 is 1.38 bits per heavy atom. The van der Waals surface area contributed by atoms with E-state index in [4.69, 9.17) is 0 Å². The Balaban J connectivity index is 2.49. The van der Waals surface area contributed by atoms with Gasteiger partial charge in [-0.3, -0.25) is 4.79 Å². The molecule has 0 aliphatic rings. The van der Waals surface area contributed by atoms with Crippen LogP contribution < -0.4 is 0 Å². The van der Waals surface area contributed by atoms with Crippen LogP contribution >= 0.6 is 0 Å². The number of ketones is 1. The molecule has 1 atom stereocenters. The van der Waals surface area contributed by atoms with Gasteiger partial charge < -0.3 is 0 Å².